The van der Waals surface area contributed by atoms with Crippen LogP contribution in [-0.4, -0.2) is 83.2 Å². The lowest BCUT2D eigenvalue weighted by atomic mass is 10.0. The number of benzene rings is 1. The Balaban J connectivity index is 1.99. The topological polar surface area (TPSA) is 229 Å². The van der Waals surface area contributed by atoms with Crippen molar-refractivity contribution >= 4 is 47.2 Å². The monoisotopic (exact) mass is 573 g/mol. The van der Waals surface area contributed by atoms with Gasteiger partial charge in [-0.25, -0.2) is 4.79 Å². The van der Waals surface area contributed by atoms with Gasteiger partial charge in [-0.3, -0.25) is 33.7 Å². The molecule has 0 fully saturated rings. The summed E-state index contributed by atoms with van der Waals surface area (Å²) in [4.78, 5) is 85.6. The fraction of sp³-hybridized carbons (Fsp3) is 0.423. The van der Waals surface area contributed by atoms with Gasteiger partial charge in [-0.05, 0) is 36.5 Å². The summed E-state index contributed by atoms with van der Waals surface area (Å²) in [6.07, 6.45) is 2.49. The van der Waals surface area contributed by atoms with Crippen LogP contribution in [0.3, 0.4) is 0 Å². The molecule has 1 aliphatic heterocycles. The first-order chi connectivity index (χ1) is 19.4. The van der Waals surface area contributed by atoms with E-state index in [0.717, 1.165) is 12.2 Å². The number of carbonyl (C=O) groups excluding carboxylic acids is 7. The molecule has 0 saturated carbocycles. The van der Waals surface area contributed by atoms with Crippen LogP contribution in [0.25, 0.3) is 0 Å². The van der Waals surface area contributed by atoms with E-state index in [4.69, 9.17) is 5.73 Å². The highest BCUT2D eigenvalue weighted by atomic mass is 16.3. The zero-order valence-corrected chi connectivity index (χ0v) is 22.8. The third-order valence-corrected chi connectivity index (χ3v) is 5.92. The summed E-state index contributed by atoms with van der Waals surface area (Å²) < 4.78 is 0. The Morgan fingerprint density at radius 3 is 2.10 bits per heavy atom. The number of nitrogens with zero attached hydrogens (tertiary/aromatic N) is 1. The lowest BCUT2D eigenvalue weighted by Crippen LogP contribution is -2.56. The number of amides is 8. The van der Waals surface area contributed by atoms with Gasteiger partial charge in [0.05, 0.1) is 13.2 Å². The Bertz CT molecular complexity index is 1160. The van der Waals surface area contributed by atoms with Crippen molar-refractivity contribution in [1.82, 2.24) is 26.2 Å². The molecule has 2 rings (SSSR count). The minimum Gasteiger partial charge on any atom is -0.392 e. The summed E-state index contributed by atoms with van der Waals surface area (Å²) in [5, 5.41) is 21.7. The smallest absolute Gasteiger partial charge is 0.312 e. The highest BCUT2D eigenvalue weighted by molar-refractivity contribution is 6.14. The Labute approximate surface area is 236 Å². The number of hydrogen-bond donors (Lipinski definition) is 7. The molecule has 0 saturated heterocycles. The predicted molar refractivity (Wildman–Crippen MR) is 145 cm³/mol. The van der Waals surface area contributed by atoms with E-state index in [0.29, 0.717) is 22.6 Å². The fourth-order valence-electron chi connectivity index (χ4n) is 3.70. The standard InChI is InChI=1S/C26H35N7O8/c1-15(2)23(32-19(35)12-29-20(36)13-33-21(37)9-10-22(33)38)25(40)31-18(4-3-11-28-26(27)41)24(39)30-17-7-5-16(14-34)6-8-17/h5-10,15,18,23,34H,3-4,11-14H2,1-2H3,(H,29,36)(H,30,39)(H,31,40)(H,32,35)(H3,27,28,41)/t18-,23-/m0/s1. The fourth-order valence-corrected chi connectivity index (χ4v) is 3.70. The van der Waals surface area contributed by atoms with Gasteiger partial charge in [0.1, 0.15) is 18.6 Å². The quantitative estimate of drug-likeness (QED) is 0.0936. The molecule has 8 amide bonds. The molecule has 2 atom stereocenters. The molecule has 0 bridgehead atoms. The van der Waals surface area contributed by atoms with Crippen molar-refractivity contribution in [3.8, 4) is 0 Å². The Hall–Kier alpha value is -4.79. The van der Waals surface area contributed by atoms with Crippen LogP contribution in [0.15, 0.2) is 36.4 Å². The molecule has 0 spiro atoms. The first-order valence-electron chi connectivity index (χ1n) is 12.8. The lowest BCUT2D eigenvalue weighted by molar-refractivity contribution is -0.141. The van der Waals surface area contributed by atoms with Crippen molar-refractivity contribution in [3.63, 3.8) is 0 Å². The number of carbonyl (C=O) groups is 7. The van der Waals surface area contributed by atoms with Crippen molar-refractivity contribution < 1.29 is 38.7 Å². The summed E-state index contributed by atoms with van der Waals surface area (Å²) >= 11 is 0. The van der Waals surface area contributed by atoms with Gasteiger partial charge in [0.15, 0.2) is 0 Å². The number of nitrogens with one attached hydrogen (secondary N) is 5. The second-order valence-electron chi connectivity index (χ2n) is 9.50. The van der Waals surface area contributed by atoms with Crippen LogP contribution in [0.4, 0.5) is 10.5 Å². The van der Waals surface area contributed by atoms with Gasteiger partial charge < -0.3 is 37.4 Å². The number of rotatable bonds is 15. The SMILES string of the molecule is CC(C)[C@H](NC(=O)CNC(=O)CN1C(=O)C=CC1=O)C(=O)N[C@@H](CCCNC(N)=O)C(=O)Nc1ccc(CO)cc1. The van der Waals surface area contributed by atoms with Crippen LogP contribution in [0.5, 0.6) is 0 Å². The van der Waals surface area contributed by atoms with Crippen LogP contribution in [-0.2, 0) is 35.4 Å². The van der Waals surface area contributed by atoms with Crippen molar-refractivity contribution in [2.75, 3.05) is 25.0 Å². The molecule has 15 heteroatoms. The Kier molecular flexibility index (Phi) is 12.4. The maximum absolute atomic E-state index is 13.2. The molecule has 222 valence electrons. The summed E-state index contributed by atoms with van der Waals surface area (Å²) in [5.41, 5.74) is 6.15. The number of primary amides is 1. The molecule has 0 aromatic heterocycles. The van der Waals surface area contributed by atoms with Gasteiger partial charge >= 0.3 is 6.03 Å². The van der Waals surface area contributed by atoms with E-state index < -0.39 is 72.6 Å². The average Bonchev–Trinajstić information content (AvgIpc) is 3.24. The van der Waals surface area contributed by atoms with Crippen LogP contribution in [0.1, 0.15) is 32.3 Å². The third kappa shape index (κ3) is 10.7. The van der Waals surface area contributed by atoms with Crippen LogP contribution < -0.4 is 32.3 Å². The third-order valence-electron chi connectivity index (χ3n) is 5.92. The van der Waals surface area contributed by atoms with E-state index >= 15 is 0 Å². The molecular weight excluding hydrogens is 538 g/mol. The molecule has 15 nitrogen and oxygen atoms in total. The summed E-state index contributed by atoms with van der Waals surface area (Å²) in [6.45, 7) is 2.27. The molecule has 1 aromatic rings. The minimum absolute atomic E-state index is 0.129. The first-order valence-corrected chi connectivity index (χ1v) is 12.8. The zero-order chi connectivity index (χ0) is 30.5. The maximum Gasteiger partial charge on any atom is 0.312 e. The number of hydrogen-bond acceptors (Lipinski definition) is 8. The summed E-state index contributed by atoms with van der Waals surface area (Å²) in [6, 6.07) is 3.58. The number of urea groups is 1. The molecule has 0 radical (unpaired) electrons. The molecule has 1 aliphatic rings. The van der Waals surface area contributed by atoms with Gasteiger partial charge in [-0.15, -0.1) is 0 Å². The van der Waals surface area contributed by atoms with Gasteiger partial charge in [-0.1, -0.05) is 26.0 Å². The Morgan fingerprint density at radius 1 is 0.902 bits per heavy atom. The van der Waals surface area contributed by atoms with E-state index in [1.165, 1.54) is 0 Å². The molecule has 0 aliphatic carbocycles. The lowest BCUT2D eigenvalue weighted by Gasteiger charge is -2.25. The second-order valence-corrected chi connectivity index (χ2v) is 9.50. The minimum atomic E-state index is -1.08. The molecule has 41 heavy (non-hydrogen) atoms. The van der Waals surface area contributed by atoms with Gasteiger partial charge in [0, 0.05) is 24.4 Å². The molecule has 1 aromatic carbocycles. The van der Waals surface area contributed by atoms with E-state index in [1.807, 2.05) is 0 Å². The number of anilines is 1. The first kappa shape index (κ1) is 32.4. The summed E-state index contributed by atoms with van der Waals surface area (Å²) in [5.74, 6) is -4.35. The molecular formula is C26H35N7O8. The van der Waals surface area contributed by atoms with Crippen molar-refractivity contribution in [3.05, 3.63) is 42.0 Å². The van der Waals surface area contributed by atoms with Crippen LogP contribution in [0.2, 0.25) is 0 Å². The number of imide groups is 1. The molecule has 8 N–H and O–H groups in total. The van der Waals surface area contributed by atoms with Gasteiger partial charge in [-0.2, -0.15) is 0 Å². The Morgan fingerprint density at radius 2 is 1.54 bits per heavy atom. The molecule has 0 unspecified atom stereocenters. The van der Waals surface area contributed by atoms with E-state index in [2.05, 4.69) is 26.6 Å². The van der Waals surface area contributed by atoms with Crippen LogP contribution in [0, 0.1) is 5.92 Å². The second kappa shape index (κ2) is 15.7. The number of aliphatic hydroxyl groups is 1. The van der Waals surface area contributed by atoms with Gasteiger partial charge in [0.2, 0.25) is 23.6 Å². The van der Waals surface area contributed by atoms with E-state index in [9.17, 15) is 38.7 Å². The number of aliphatic hydroxyl groups excluding tert-OH is 1. The predicted octanol–water partition coefficient (Wildman–Crippen LogP) is -1.77. The molecule has 1 heterocycles. The largest absolute Gasteiger partial charge is 0.392 e. The van der Waals surface area contributed by atoms with Crippen molar-refractivity contribution in [2.45, 2.75) is 45.4 Å². The normalized spacial score (nSPS) is 13.9. The highest BCUT2D eigenvalue weighted by Gasteiger charge is 2.29. The van der Waals surface area contributed by atoms with Crippen molar-refractivity contribution in [2.24, 2.45) is 11.7 Å². The number of nitrogens with two attached hydrogens (primary N) is 1. The maximum atomic E-state index is 13.2. The highest BCUT2D eigenvalue weighted by Crippen LogP contribution is 2.12. The van der Waals surface area contributed by atoms with Gasteiger partial charge in [0.25, 0.3) is 11.8 Å². The average molecular weight is 574 g/mol. The van der Waals surface area contributed by atoms with Crippen molar-refractivity contribution in [1.29, 1.82) is 0 Å². The van der Waals surface area contributed by atoms with E-state index in [-0.39, 0.29) is 19.6 Å². The van der Waals surface area contributed by atoms with Crippen LogP contribution >= 0.6 is 0 Å². The summed E-state index contributed by atoms with van der Waals surface area (Å²) in [7, 11) is 0. The zero-order valence-electron chi connectivity index (χ0n) is 22.8. The van der Waals surface area contributed by atoms with E-state index in [1.54, 1.807) is 38.1 Å².